The summed E-state index contributed by atoms with van der Waals surface area (Å²) in [4.78, 5) is 11.7. The first-order valence-corrected chi connectivity index (χ1v) is 6.08. The molecule has 1 saturated heterocycles. The van der Waals surface area contributed by atoms with Crippen molar-refractivity contribution < 1.29 is 4.79 Å². The smallest absolute Gasteiger partial charge is 0.220 e. The second-order valence-corrected chi connectivity index (χ2v) is 5.16. The van der Waals surface area contributed by atoms with Crippen LogP contribution >= 0.6 is 0 Å². The lowest BCUT2D eigenvalue weighted by atomic mass is 10.0. The summed E-state index contributed by atoms with van der Waals surface area (Å²) in [6, 6.07) is 0.312. The van der Waals surface area contributed by atoms with Gasteiger partial charge in [-0.2, -0.15) is 0 Å². The van der Waals surface area contributed by atoms with E-state index in [1.807, 2.05) is 0 Å². The van der Waals surface area contributed by atoms with E-state index in [0.717, 1.165) is 25.9 Å². The third-order valence-electron chi connectivity index (χ3n) is 2.87. The third kappa shape index (κ3) is 5.17. The number of nitrogens with one attached hydrogen (secondary N) is 2. The van der Waals surface area contributed by atoms with Crippen LogP contribution in [0.2, 0.25) is 0 Å². The molecule has 2 unspecified atom stereocenters. The maximum atomic E-state index is 11.7. The molecule has 88 valence electrons. The van der Waals surface area contributed by atoms with Gasteiger partial charge in [-0.05, 0) is 44.7 Å². The first-order valence-electron chi connectivity index (χ1n) is 6.08. The maximum absolute atomic E-state index is 11.7. The van der Waals surface area contributed by atoms with Crippen LogP contribution in [0.15, 0.2) is 0 Å². The summed E-state index contributed by atoms with van der Waals surface area (Å²) in [7, 11) is 0. The molecule has 0 aromatic rings. The minimum absolute atomic E-state index is 0.219. The molecule has 0 saturated carbocycles. The minimum Gasteiger partial charge on any atom is -0.354 e. The molecule has 0 aliphatic carbocycles. The Hall–Kier alpha value is -0.570. The monoisotopic (exact) mass is 212 g/mol. The van der Waals surface area contributed by atoms with E-state index in [2.05, 4.69) is 31.4 Å². The third-order valence-corrected chi connectivity index (χ3v) is 2.87. The number of rotatable bonds is 5. The average Bonchev–Trinajstić information content (AvgIpc) is 2.53. The van der Waals surface area contributed by atoms with Crippen molar-refractivity contribution in [2.75, 3.05) is 13.1 Å². The fourth-order valence-corrected chi connectivity index (χ4v) is 2.25. The summed E-state index contributed by atoms with van der Waals surface area (Å²) >= 11 is 0. The summed E-state index contributed by atoms with van der Waals surface area (Å²) < 4.78 is 0. The Balaban J connectivity index is 2.16. The van der Waals surface area contributed by atoms with Crippen LogP contribution in [-0.2, 0) is 4.79 Å². The second kappa shape index (κ2) is 6.11. The van der Waals surface area contributed by atoms with Crippen molar-refractivity contribution in [3.05, 3.63) is 0 Å². The Morgan fingerprint density at radius 2 is 2.20 bits per heavy atom. The highest BCUT2D eigenvalue weighted by Gasteiger charge is 2.18. The van der Waals surface area contributed by atoms with Gasteiger partial charge in [-0.25, -0.2) is 0 Å². The van der Waals surface area contributed by atoms with Crippen molar-refractivity contribution in [3.8, 4) is 0 Å². The van der Waals surface area contributed by atoms with Gasteiger partial charge in [0.2, 0.25) is 5.91 Å². The van der Waals surface area contributed by atoms with Crippen LogP contribution in [0.5, 0.6) is 0 Å². The molecule has 2 atom stereocenters. The molecular formula is C12H24N2O. The average molecular weight is 212 g/mol. The van der Waals surface area contributed by atoms with Crippen molar-refractivity contribution in [2.24, 2.45) is 11.8 Å². The van der Waals surface area contributed by atoms with Crippen LogP contribution < -0.4 is 10.6 Å². The highest BCUT2D eigenvalue weighted by molar-refractivity contribution is 5.76. The maximum Gasteiger partial charge on any atom is 0.220 e. The molecule has 3 heteroatoms. The van der Waals surface area contributed by atoms with E-state index < -0.39 is 0 Å². The van der Waals surface area contributed by atoms with Gasteiger partial charge in [0.15, 0.2) is 0 Å². The van der Waals surface area contributed by atoms with Crippen molar-refractivity contribution in [1.82, 2.24) is 10.6 Å². The van der Waals surface area contributed by atoms with Crippen molar-refractivity contribution in [3.63, 3.8) is 0 Å². The molecule has 2 N–H and O–H groups in total. The lowest BCUT2D eigenvalue weighted by Gasteiger charge is -2.17. The molecule has 0 aromatic heterocycles. The molecule has 1 heterocycles. The van der Waals surface area contributed by atoms with E-state index in [-0.39, 0.29) is 5.91 Å². The molecule has 15 heavy (non-hydrogen) atoms. The second-order valence-electron chi connectivity index (χ2n) is 5.16. The summed E-state index contributed by atoms with van der Waals surface area (Å²) in [5.41, 5.74) is 0. The molecule has 1 aliphatic rings. The Kier molecular flexibility index (Phi) is 5.09. The topological polar surface area (TPSA) is 41.1 Å². The predicted molar refractivity (Wildman–Crippen MR) is 62.7 cm³/mol. The molecular weight excluding hydrogens is 188 g/mol. The number of hydrogen-bond acceptors (Lipinski definition) is 2. The molecule has 0 spiro atoms. The van der Waals surface area contributed by atoms with Crippen LogP contribution in [0.3, 0.4) is 0 Å². The molecule has 0 radical (unpaired) electrons. The van der Waals surface area contributed by atoms with E-state index in [4.69, 9.17) is 0 Å². The van der Waals surface area contributed by atoms with Crippen molar-refractivity contribution in [1.29, 1.82) is 0 Å². The van der Waals surface area contributed by atoms with Gasteiger partial charge < -0.3 is 10.6 Å². The number of hydrogen-bond donors (Lipinski definition) is 2. The quantitative estimate of drug-likeness (QED) is 0.726. The van der Waals surface area contributed by atoms with E-state index in [1.165, 1.54) is 0 Å². The van der Waals surface area contributed by atoms with E-state index in [0.29, 0.717) is 24.3 Å². The fourth-order valence-electron chi connectivity index (χ4n) is 2.25. The predicted octanol–water partition coefficient (Wildman–Crippen LogP) is 1.54. The summed E-state index contributed by atoms with van der Waals surface area (Å²) in [6.07, 6.45) is 2.90. The highest BCUT2D eigenvalue weighted by atomic mass is 16.1. The lowest BCUT2D eigenvalue weighted by molar-refractivity contribution is -0.122. The number of carbonyl (C=O) groups is 1. The van der Waals surface area contributed by atoms with Gasteiger partial charge in [-0.3, -0.25) is 4.79 Å². The Bertz CT molecular complexity index is 198. The van der Waals surface area contributed by atoms with Gasteiger partial charge in [-0.1, -0.05) is 13.8 Å². The van der Waals surface area contributed by atoms with Gasteiger partial charge in [0.25, 0.3) is 0 Å². The van der Waals surface area contributed by atoms with E-state index in [1.54, 1.807) is 0 Å². The van der Waals surface area contributed by atoms with Crippen LogP contribution in [0.1, 0.15) is 40.0 Å². The number of carbonyl (C=O) groups excluding carboxylic acids is 1. The Labute approximate surface area is 93.0 Å². The van der Waals surface area contributed by atoms with E-state index >= 15 is 0 Å². The lowest BCUT2D eigenvalue weighted by Crippen LogP contribution is -2.34. The van der Waals surface area contributed by atoms with Crippen LogP contribution in [0.25, 0.3) is 0 Å². The molecule has 3 nitrogen and oxygen atoms in total. The molecule has 1 rings (SSSR count). The molecule has 1 aliphatic heterocycles. The van der Waals surface area contributed by atoms with Gasteiger partial charge in [0.05, 0.1) is 0 Å². The summed E-state index contributed by atoms with van der Waals surface area (Å²) in [5, 5.41) is 6.35. The normalized spacial score (nSPS) is 23.1. The summed E-state index contributed by atoms with van der Waals surface area (Å²) in [5.74, 6) is 1.42. The van der Waals surface area contributed by atoms with Gasteiger partial charge in [-0.15, -0.1) is 0 Å². The van der Waals surface area contributed by atoms with E-state index in [9.17, 15) is 4.79 Å². The standard InChI is InChI=1S/C12H24N2O/c1-9(2)6-10(3)14-12(15)7-11-4-5-13-8-11/h9-11,13H,4-8H2,1-3H3,(H,14,15). The SMILES string of the molecule is CC(C)CC(C)NC(=O)CC1CCNC1. The van der Waals surface area contributed by atoms with Gasteiger partial charge in [0.1, 0.15) is 0 Å². The Morgan fingerprint density at radius 3 is 2.73 bits per heavy atom. The summed E-state index contributed by atoms with van der Waals surface area (Å²) in [6.45, 7) is 8.53. The highest BCUT2D eigenvalue weighted by Crippen LogP contribution is 2.12. The molecule has 0 aromatic carbocycles. The van der Waals surface area contributed by atoms with Crippen LogP contribution in [0.4, 0.5) is 0 Å². The minimum atomic E-state index is 0.219. The fraction of sp³-hybridized carbons (Fsp3) is 0.917. The zero-order valence-corrected chi connectivity index (χ0v) is 10.2. The van der Waals surface area contributed by atoms with Gasteiger partial charge in [0, 0.05) is 12.5 Å². The molecule has 1 fully saturated rings. The zero-order chi connectivity index (χ0) is 11.3. The zero-order valence-electron chi connectivity index (χ0n) is 10.2. The van der Waals surface area contributed by atoms with Crippen LogP contribution in [-0.4, -0.2) is 25.0 Å². The molecule has 0 bridgehead atoms. The Morgan fingerprint density at radius 1 is 1.47 bits per heavy atom. The number of amides is 1. The first-order chi connectivity index (χ1) is 7.08. The first kappa shape index (κ1) is 12.5. The molecule has 1 amide bonds. The van der Waals surface area contributed by atoms with Gasteiger partial charge >= 0.3 is 0 Å². The van der Waals surface area contributed by atoms with Crippen LogP contribution in [0, 0.1) is 11.8 Å². The largest absolute Gasteiger partial charge is 0.354 e. The van der Waals surface area contributed by atoms with Crippen molar-refractivity contribution >= 4 is 5.91 Å². The van der Waals surface area contributed by atoms with Crippen molar-refractivity contribution in [2.45, 2.75) is 46.1 Å².